The van der Waals surface area contributed by atoms with E-state index in [4.69, 9.17) is 9.47 Å². The Balaban J connectivity index is 1.36. The molecule has 0 radical (unpaired) electrons. The van der Waals surface area contributed by atoms with Crippen LogP contribution in [-0.4, -0.2) is 92.1 Å². The summed E-state index contributed by atoms with van der Waals surface area (Å²) in [4.78, 5) is 51.3. The van der Waals surface area contributed by atoms with E-state index in [1.807, 2.05) is 11.0 Å². The molecule has 0 unspecified atom stereocenters. The second-order valence-electron chi connectivity index (χ2n) is 9.86. The highest BCUT2D eigenvalue weighted by Gasteiger charge is 2.29. The van der Waals surface area contributed by atoms with Crippen molar-refractivity contribution < 1.29 is 23.9 Å². The molecule has 0 aliphatic carbocycles. The Morgan fingerprint density at radius 2 is 2.18 bits per heavy atom. The van der Waals surface area contributed by atoms with Crippen molar-refractivity contribution in [2.24, 2.45) is 0 Å². The van der Waals surface area contributed by atoms with Crippen molar-refractivity contribution >= 4 is 35.9 Å². The molecule has 0 aromatic carbocycles. The minimum Gasteiger partial charge on any atom is -0.380 e. The van der Waals surface area contributed by atoms with Crippen molar-refractivity contribution in [2.75, 3.05) is 61.6 Å². The number of nitrogens with one attached hydrogen (secondary N) is 1. The molecule has 0 saturated carbocycles. The first kappa shape index (κ1) is 26.7. The standard InChI is InChI=1S/C27H31N7O5/c1-38-22-4-6-33(14-22)24-10-25(29-12-20(24)11-28)31-27(37)34-5-2-3-18-9-19(23(16-36)30-26(18)34)13-32-7-8-39-17-21(32)15-35/h9-10,12,15-16,21-22H,2-8,13-14,17H2,1H3,(H,29,31,37)/t21-,22+/m0/s1. The maximum Gasteiger partial charge on any atom is 0.328 e. The lowest BCUT2D eigenvalue weighted by molar-refractivity contribution is -0.118. The van der Waals surface area contributed by atoms with Crippen LogP contribution in [0.2, 0.25) is 0 Å². The molecule has 0 bridgehead atoms. The van der Waals surface area contributed by atoms with E-state index in [-0.39, 0.29) is 17.8 Å². The number of urea groups is 1. The Morgan fingerprint density at radius 1 is 1.31 bits per heavy atom. The number of hydrogen-bond acceptors (Lipinski definition) is 10. The Hall–Kier alpha value is -3.92. The fraction of sp³-hybridized carbons (Fsp3) is 0.481. The van der Waals surface area contributed by atoms with Crippen LogP contribution < -0.4 is 15.1 Å². The molecule has 2 atom stereocenters. The number of amides is 2. The van der Waals surface area contributed by atoms with Gasteiger partial charge in [0.2, 0.25) is 0 Å². The predicted octanol–water partition coefficient (Wildman–Crippen LogP) is 1.77. The normalized spacial score (nSPS) is 21.2. The molecule has 2 saturated heterocycles. The summed E-state index contributed by atoms with van der Waals surface area (Å²) in [7, 11) is 1.67. The average molecular weight is 534 g/mol. The average Bonchev–Trinajstić information content (AvgIpc) is 3.46. The molecule has 5 rings (SSSR count). The minimum absolute atomic E-state index is 0.0863. The minimum atomic E-state index is -0.415. The molecular formula is C27H31N7O5. The number of rotatable bonds is 7. The number of carbonyl (C=O) groups excluding carboxylic acids is 3. The largest absolute Gasteiger partial charge is 0.380 e. The lowest BCUT2D eigenvalue weighted by Crippen LogP contribution is -2.46. The summed E-state index contributed by atoms with van der Waals surface area (Å²) in [5, 5.41) is 12.4. The number of aromatic nitrogens is 2. The van der Waals surface area contributed by atoms with Crippen molar-refractivity contribution in [3.05, 3.63) is 40.7 Å². The van der Waals surface area contributed by atoms with Crippen molar-refractivity contribution in [1.29, 1.82) is 5.26 Å². The number of nitrogens with zero attached hydrogens (tertiary/aromatic N) is 6. The van der Waals surface area contributed by atoms with Crippen LogP contribution >= 0.6 is 0 Å². The second-order valence-corrected chi connectivity index (χ2v) is 9.86. The van der Waals surface area contributed by atoms with Crippen LogP contribution in [0.1, 0.15) is 40.0 Å². The fourth-order valence-electron chi connectivity index (χ4n) is 5.36. The first-order chi connectivity index (χ1) is 19.0. The molecule has 12 nitrogen and oxygen atoms in total. The third kappa shape index (κ3) is 5.61. The van der Waals surface area contributed by atoms with Crippen molar-refractivity contribution in [1.82, 2.24) is 14.9 Å². The van der Waals surface area contributed by atoms with Crippen molar-refractivity contribution in [3.63, 3.8) is 0 Å². The number of morpholine rings is 1. The van der Waals surface area contributed by atoms with Crippen molar-refractivity contribution in [3.8, 4) is 6.07 Å². The number of fused-ring (bicyclic) bond motifs is 1. The Labute approximate surface area is 226 Å². The molecule has 3 aliphatic rings. The highest BCUT2D eigenvalue weighted by atomic mass is 16.5. The summed E-state index contributed by atoms with van der Waals surface area (Å²) in [6.07, 6.45) is 5.39. The van der Waals surface area contributed by atoms with Gasteiger partial charge in [0, 0.05) is 52.1 Å². The van der Waals surface area contributed by atoms with Gasteiger partial charge in [-0.15, -0.1) is 0 Å². The van der Waals surface area contributed by atoms with E-state index in [1.165, 1.54) is 11.1 Å². The maximum absolute atomic E-state index is 13.4. The summed E-state index contributed by atoms with van der Waals surface area (Å²) in [5.74, 6) is 0.760. The van der Waals surface area contributed by atoms with Crippen LogP contribution in [0.25, 0.3) is 0 Å². The van der Waals surface area contributed by atoms with Gasteiger partial charge in [-0.25, -0.2) is 14.8 Å². The van der Waals surface area contributed by atoms with Crippen LogP contribution in [0.3, 0.4) is 0 Å². The molecule has 2 aromatic rings. The monoisotopic (exact) mass is 533 g/mol. The van der Waals surface area contributed by atoms with E-state index < -0.39 is 6.03 Å². The molecule has 39 heavy (non-hydrogen) atoms. The number of nitriles is 1. The van der Waals surface area contributed by atoms with Gasteiger partial charge in [-0.1, -0.05) is 0 Å². The van der Waals surface area contributed by atoms with E-state index in [0.29, 0.717) is 75.0 Å². The third-order valence-electron chi connectivity index (χ3n) is 7.50. The first-order valence-electron chi connectivity index (χ1n) is 13.1. The van der Waals surface area contributed by atoms with Gasteiger partial charge in [0.25, 0.3) is 0 Å². The highest BCUT2D eigenvalue weighted by Crippen LogP contribution is 2.30. The Morgan fingerprint density at radius 3 is 2.92 bits per heavy atom. The number of ether oxygens (including phenoxy) is 2. The van der Waals surface area contributed by atoms with Gasteiger partial charge < -0.3 is 19.2 Å². The SMILES string of the molecule is CO[C@@H]1CCN(c2cc(NC(=O)N3CCCc4cc(CN5CCOC[C@@H]5C=O)c(C=O)nc43)ncc2C#N)C1. The number of methoxy groups -OCH3 is 1. The van der Waals surface area contributed by atoms with Crippen molar-refractivity contribution in [2.45, 2.75) is 38.0 Å². The summed E-state index contributed by atoms with van der Waals surface area (Å²) < 4.78 is 10.9. The van der Waals surface area contributed by atoms with Gasteiger partial charge in [0.05, 0.1) is 36.6 Å². The van der Waals surface area contributed by atoms with E-state index in [1.54, 1.807) is 13.2 Å². The second kappa shape index (κ2) is 11.9. The van der Waals surface area contributed by atoms with Crippen LogP contribution in [-0.2, 0) is 27.2 Å². The predicted molar refractivity (Wildman–Crippen MR) is 142 cm³/mol. The van der Waals surface area contributed by atoms with Gasteiger partial charge in [-0.05, 0) is 36.5 Å². The van der Waals surface area contributed by atoms with Crippen LogP contribution in [0, 0.1) is 11.3 Å². The van der Waals surface area contributed by atoms with Gasteiger partial charge in [0.1, 0.15) is 29.7 Å². The topological polar surface area (TPSA) is 141 Å². The lowest BCUT2D eigenvalue weighted by Gasteiger charge is -2.33. The quantitative estimate of drug-likeness (QED) is 0.524. The van der Waals surface area contributed by atoms with Gasteiger partial charge in [0.15, 0.2) is 6.29 Å². The zero-order valence-corrected chi connectivity index (χ0v) is 21.8. The van der Waals surface area contributed by atoms with E-state index >= 15 is 0 Å². The number of hydrogen-bond donors (Lipinski definition) is 1. The molecular weight excluding hydrogens is 502 g/mol. The molecule has 2 fully saturated rings. The van der Waals surface area contributed by atoms with E-state index in [2.05, 4.69) is 26.3 Å². The first-order valence-corrected chi connectivity index (χ1v) is 13.1. The van der Waals surface area contributed by atoms with Gasteiger partial charge >= 0.3 is 6.03 Å². The zero-order chi connectivity index (χ0) is 27.4. The number of pyridine rings is 2. The molecule has 5 heterocycles. The summed E-state index contributed by atoms with van der Waals surface area (Å²) in [5.41, 5.74) is 2.95. The molecule has 12 heteroatoms. The summed E-state index contributed by atoms with van der Waals surface area (Å²) in [6, 6.07) is 5.01. The van der Waals surface area contributed by atoms with E-state index in [9.17, 15) is 19.6 Å². The van der Waals surface area contributed by atoms with Gasteiger partial charge in [-0.2, -0.15) is 5.26 Å². The Bertz CT molecular complexity index is 1300. The molecule has 2 amide bonds. The maximum atomic E-state index is 13.4. The number of carbonyl (C=O) groups is 3. The highest BCUT2D eigenvalue weighted by molar-refractivity contribution is 6.02. The number of aldehydes is 2. The van der Waals surface area contributed by atoms with E-state index in [0.717, 1.165) is 36.8 Å². The molecule has 2 aromatic heterocycles. The molecule has 204 valence electrons. The summed E-state index contributed by atoms with van der Waals surface area (Å²) >= 11 is 0. The smallest absolute Gasteiger partial charge is 0.328 e. The lowest BCUT2D eigenvalue weighted by atomic mass is 10.0. The Kier molecular flexibility index (Phi) is 8.11. The fourth-order valence-corrected chi connectivity index (χ4v) is 5.36. The third-order valence-corrected chi connectivity index (χ3v) is 7.50. The number of aryl methyl sites for hydroxylation is 1. The summed E-state index contributed by atoms with van der Waals surface area (Å²) in [6.45, 7) is 3.64. The van der Waals surface area contributed by atoms with Crippen LogP contribution in [0.4, 0.5) is 22.1 Å². The molecule has 0 spiro atoms. The molecule has 3 aliphatic heterocycles. The van der Waals surface area contributed by atoms with Gasteiger partial charge in [-0.3, -0.25) is 19.9 Å². The van der Waals surface area contributed by atoms with Crippen LogP contribution in [0.5, 0.6) is 0 Å². The number of anilines is 3. The zero-order valence-electron chi connectivity index (χ0n) is 21.8. The van der Waals surface area contributed by atoms with Crippen LogP contribution in [0.15, 0.2) is 18.3 Å². The molecule has 1 N–H and O–H groups in total.